The van der Waals surface area contributed by atoms with Crippen LogP contribution in [0.25, 0.3) is 0 Å². The predicted octanol–water partition coefficient (Wildman–Crippen LogP) is -2.58. The van der Waals surface area contributed by atoms with Crippen molar-refractivity contribution in [2.45, 2.75) is 0 Å². The summed E-state index contributed by atoms with van der Waals surface area (Å²) >= 11 is 0. The van der Waals surface area contributed by atoms with Crippen molar-refractivity contribution >= 4 is 119 Å². The van der Waals surface area contributed by atoms with Gasteiger partial charge in [-0.15, -0.1) is 0 Å². The van der Waals surface area contributed by atoms with Crippen LogP contribution in [0.1, 0.15) is 0 Å². The van der Waals surface area contributed by atoms with Gasteiger partial charge in [0, 0.05) is 0 Å². The molecule has 0 bridgehead atoms. The molecule has 0 unspecified atom stereocenters. The van der Waals surface area contributed by atoms with Crippen LogP contribution in [0.5, 0.6) is 0 Å². The van der Waals surface area contributed by atoms with Crippen molar-refractivity contribution < 1.29 is 28.7 Å². The van der Waals surface area contributed by atoms with Gasteiger partial charge in [-0.1, -0.05) is 0 Å². The van der Waals surface area contributed by atoms with Crippen molar-refractivity contribution in [3.8, 4) is 0 Å². The van der Waals surface area contributed by atoms with Crippen molar-refractivity contribution in [2.24, 2.45) is 0 Å². The van der Waals surface area contributed by atoms with Crippen LogP contribution in [-0.2, 0) is 9.13 Å². The van der Waals surface area contributed by atoms with E-state index in [4.69, 9.17) is 28.7 Å². The van der Waals surface area contributed by atoms with E-state index in [0.717, 1.165) is 0 Å². The Balaban J connectivity index is -0.0000000300. The second-order valence-electron chi connectivity index (χ2n) is 0.565. The van der Waals surface area contributed by atoms with Crippen LogP contribution >= 0.6 is 16.5 Å². The van der Waals surface area contributed by atoms with E-state index in [1.807, 2.05) is 0 Å². The summed E-state index contributed by atoms with van der Waals surface area (Å²) in [4.78, 5) is 28.6. The van der Waals surface area contributed by atoms with Gasteiger partial charge in [0.25, 0.3) is 0 Å². The third kappa shape index (κ3) is 101. The van der Waals surface area contributed by atoms with Gasteiger partial charge < -0.3 is 19.6 Å². The first-order valence-electron chi connectivity index (χ1n) is 1.30. The maximum absolute atomic E-state index is 8.74. The van der Waals surface area contributed by atoms with E-state index in [9.17, 15) is 0 Å². The molecular weight excluding hydrogens is 236 g/mol. The average molecular weight is 244 g/mol. The molecule has 0 fully saturated rings. The summed E-state index contributed by atoms with van der Waals surface area (Å²) in [6, 6.07) is 0. The summed E-state index contributed by atoms with van der Waals surface area (Å²) in [6.45, 7) is 0. The molecule has 0 heterocycles. The molecule has 10 heteroatoms. The Morgan fingerprint density at radius 2 is 0.700 bits per heavy atom. The van der Waals surface area contributed by atoms with Gasteiger partial charge in [0.15, 0.2) is 0 Å². The third-order valence-corrected chi connectivity index (χ3v) is 0. The van der Waals surface area contributed by atoms with Gasteiger partial charge in [-0.2, -0.15) is 0 Å². The Hall–Kier alpha value is 3.57. The van der Waals surface area contributed by atoms with Gasteiger partial charge in [-0.25, -0.2) is 0 Å². The Morgan fingerprint density at radius 3 is 0.700 bits per heavy atom. The van der Waals surface area contributed by atoms with Crippen LogP contribution < -0.4 is 0 Å². The molecule has 0 aliphatic carbocycles. The third-order valence-electron chi connectivity index (χ3n) is 0. The topological polar surface area (TPSA) is 115 Å². The van der Waals surface area contributed by atoms with E-state index in [-0.39, 0.29) is 103 Å². The fraction of sp³-hybridized carbons (Fsp3) is 0. The summed E-state index contributed by atoms with van der Waals surface area (Å²) in [7, 11) is -6.26. The number of rotatable bonds is 0. The summed E-state index contributed by atoms with van der Waals surface area (Å²) in [6.07, 6.45) is 0. The molecule has 6 nitrogen and oxygen atoms in total. The number of hydrogen-bond donors (Lipinski definition) is 4. The molecule has 0 aliphatic rings. The molecule has 0 atom stereocenters. The van der Waals surface area contributed by atoms with Crippen LogP contribution in [0.3, 0.4) is 0 Å². The zero-order chi connectivity index (χ0) is 7.15. The Morgan fingerprint density at radius 1 is 0.700 bits per heavy atom. The van der Waals surface area contributed by atoms with E-state index in [1.165, 1.54) is 0 Å². The molecule has 10 heavy (non-hydrogen) atoms. The van der Waals surface area contributed by atoms with Crippen molar-refractivity contribution in [1.29, 1.82) is 0 Å². The van der Waals surface area contributed by atoms with Crippen LogP contribution in [0, 0.1) is 0 Å². The van der Waals surface area contributed by atoms with Gasteiger partial charge in [0.2, 0.25) is 0 Å². The summed E-state index contributed by atoms with van der Waals surface area (Å²) in [5.74, 6) is 0. The molecule has 0 saturated carbocycles. The molecule has 0 radical (unpaired) electrons. The first-order chi connectivity index (χ1) is 3.46. The van der Waals surface area contributed by atoms with Crippen LogP contribution in [0.4, 0.5) is 0 Å². The zero-order valence-electron chi connectivity index (χ0n) is 3.61. The fourth-order valence-corrected chi connectivity index (χ4v) is 0. The number of hydrogen-bond acceptors (Lipinski definition) is 2. The van der Waals surface area contributed by atoms with Crippen LogP contribution in [0.15, 0.2) is 0 Å². The van der Waals surface area contributed by atoms with E-state index in [2.05, 4.69) is 0 Å². The first-order valence-corrected chi connectivity index (χ1v) is 3.91. The first kappa shape index (κ1) is 23.4. The average Bonchev–Trinajstić information content (AvgIpc) is 1.25. The summed E-state index contributed by atoms with van der Waals surface area (Å²) in [5.41, 5.74) is 0. The van der Waals surface area contributed by atoms with E-state index in [0.29, 0.717) is 0 Å². The van der Waals surface area contributed by atoms with Gasteiger partial charge >= 0.3 is 119 Å². The molecule has 56 valence electrons. The van der Waals surface area contributed by atoms with Crippen LogP contribution in [-0.4, -0.2) is 122 Å². The quantitative estimate of drug-likeness (QED) is 0.275. The molecule has 0 spiro atoms. The summed E-state index contributed by atoms with van der Waals surface area (Å²) < 4.78 is 17.5. The molecule has 0 aliphatic heterocycles. The molecule has 0 saturated heterocycles. The van der Waals surface area contributed by atoms with Crippen molar-refractivity contribution in [3.05, 3.63) is 0 Å². The van der Waals surface area contributed by atoms with Crippen molar-refractivity contribution in [1.82, 2.24) is 0 Å². The minimum atomic E-state index is -3.13. The van der Waals surface area contributed by atoms with Gasteiger partial charge in [-0.3, -0.25) is 9.13 Å². The van der Waals surface area contributed by atoms with Gasteiger partial charge in [0.1, 0.15) is 0 Å². The summed E-state index contributed by atoms with van der Waals surface area (Å²) in [5, 5.41) is 0. The molecule has 0 aromatic heterocycles. The fourth-order valence-electron chi connectivity index (χ4n) is 0. The predicted molar refractivity (Wildman–Crippen MR) is 41.2 cm³/mol. The van der Waals surface area contributed by atoms with Crippen molar-refractivity contribution in [2.75, 3.05) is 0 Å². The normalized spacial score (nSPS) is 7.00. The maximum atomic E-state index is 8.74. The van der Waals surface area contributed by atoms with Gasteiger partial charge in [-0.05, 0) is 0 Å². The Labute approximate surface area is 144 Å². The second kappa shape index (κ2) is 18.4. The molecule has 0 aromatic carbocycles. The second-order valence-corrected chi connectivity index (χ2v) is 1.70. The SMILES string of the molecule is O=[PH](O)O.O=[PH](O)O.[KH].[KH]. The zero-order valence-corrected chi connectivity index (χ0v) is 5.61. The van der Waals surface area contributed by atoms with E-state index >= 15 is 0 Å². The Kier molecular flexibility index (Phi) is 43.0. The Bertz CT molecular complexity index is 71.7. The molecule has 0 rings (SSSR count). The van der Waals surface area contributed by atoms with Crippen molar-refractivity contribution in [3.63, 3.8) is 0 Å². The van der Waals surface area contributed by atoms with E-state index in [1.54, 1.807) is 0 Å². The van der Waals surface area contributed by atoms with Gasteiger partial charge in [0.05, 0.1) is 0 Å². The molecule has 0 aromatic rings. The molecule has 4 N–H and O–H groups in total. The van der Waals surface area contributed by atoms with Crippen LogP contribution in [0.2, 0.25) is 0 Å². The minimum absolute atomic E-state index is 0. The molecular formula is H8K2O6P2. The standard InChI is InChI=1S/2K.2H3O3P.2H/c;;2*1-4(2)3;;/h;;2*4H,(H2,1,2,3);;. The molecule has 0 amide bonds. The monoisotopic (exact) mass is 244 g/mol. The van der Waals surface area contributed by atoms with E-state index < -0.39 is 16.5 Å².